The second kappa shape index (κ2) is 4.45. The van der Waals surface area contributed by atoms with Crippen LogP contribution in [0.4, 0.5) is 8.78 Å². The zero-order chi connectivity index (χ0) is 12.6. The SMILES string of the molecule is CCn1nc(C)c(Cl)c1-c1c(F)cccc1F. The molecule has 0 saturated heterocycles. The molecule has 0 atom stereocenters. The molecule has 0 fully saturated rings. The summed E-state index contributed by atoms with van der Waals surface area (Å²) >= 11 is 6.05. The zero-order valence-corrected chi connectivity index (χ0v) is 10.2. The Kier molecular flexibility index (Phi) is 3.15. The van der Waals surface area contributed by atoms with Crippen LogP contribution in [0.2, 0.25) is 5.02 Å². The van der Waals surface area contributed by atoms with E-state index in [9.17, 15) is 8.78 Å². The summed E-state index contributed by atoms with van der Waals surface area (Å²) in [5, 5.41) is 4.43. The third-order valence-corrected chi connectivity index (χ3v) is 3.01. The second-order valence-corrected chi connectivity index (χ2v) is 4.04. The molecule has 1 heterocycles. The fraction of sp³-hybridized carbons (Fsp3) is 0.250. The van der Waals surface area contributed by atoms with E-state index in [1.807, 2.05) is 6.92 Å². The van der Waals surface area contributed by atoms with Gasteiger partial charge in [0.2, 0.25) is 0 Å². The Labute approximate surface area is 103 Å². The van der Waals surface area contributed by atoms with Crippen molar-refractivity contribution in [1.82, 2.24) is 9.78 Å². The van der Waals surface area contributed by atoms with Crippen molar-refractivity contribution < 1.29 is 8.78 Å². The summed E-state index contributed by atoms with van der Waals surface area (Å²) in [6, 6.07) is 3.73. The summed E-state index contributed by atoms with van der Waals surface area (Å²) in [7, 11) is 0. The van der Waals surface area contributed by atoms with E-state index in [1.54, 1.807) is 6.92 Å². The Morgan fingerprint density at radius 2 is 1.88 bits per heavy atom. The summed E-state index contributed by atoms with van der Waals surface area (Å²) in [5.41, 5.74) is 0.730. The van der Waals surface area contributed by atoms with E-state index in [-0.39, 0.29) is 10.6 Å². The number of nitrogens with zero attached hydrogens (tertiary/aromatic N) is 2. The Hall–Kier alpha value is -1.42. The van der Waals surface area contributed by atoms with Crippen LogP contribution in [0.25, 0.3) is 11.3 Å². The van der Waals surface area contributed by atoms with E-state index < -0.39 is 11.6 Å². The van der Waals surface area contributed by atoms with Crippen molar-refractivity contribution in [2.45, 2.75) is 20.4 Å². The Morgan fingerprint density at radius 1 is 1.29 bits per heavy atom. The lowest BCUT2D eigenvalue weighted by atomic mass is 10.1. The van der Waals surface area contributed by atoms with Crippen LogP contribution < -0.4 is 0 Å². The molecule has 2 aromatic rings. The molecular formula is C12H11ClF2N2. The monoisotopic (exact) mass is 256 g/mol. The molecule has 2 rings (SSSR count). The first kappa shape index (κ1) is 12.0. The third-order valence-electron chi connectivity index (χ3n) is 2.55. The molecule has 2 nitrogen and oxygen atoms in total. The molecule has 0 aliphatic carbocycles. The van der Waals surface area contributed by atoms with Gasteiger partial charge in [0.25, 0.3) is 0 Å². The number of rotatable bonds is 2. The summed E-state index contributed by atoms with van der Waals surface area (Å²) < 4.78 is 28.9. The van der Waals surface area contributed by atoms with Crippen molar-refractivity contribution in [2.24, 2.45) is 0 Å². The molecule has 0 aliphatic heterocycles. The van der Waals surface area contributed by atoms with Gasteiger partial charge in [-0.25, -0.2) is 8.78 Å². The van der Waals surface area contributed by atoms with Crippen molar-refractivity contribution in [2.75, 3.05) is 0 Å². The standard InChI is InChI=1S/C12H11ClF2N2/c1-3-17-12(11(13)7(2)16-17)10-8(14)5-4-6-9(10)15/h4-6H,3H2,1-2H3. The third kappa shape index (κ3) is 1.93. The average Bonchev–Trinajstić information content (AvgIpc) is 2.56. The molecular weight excluding hydrogens is 246 g/mol. The lowest BCUT2D eigenvalue weighted by molar-refractivity contribution is 0.580. The molecule has 0 amide bonds. The summed E-state index contributed by atoms with van der Waals surface area (Å²) in [6.45, 7) is 4.04. The highest BCUT2D eigenvalue weighted by molar-refractivity contribution is 6.33. The van der Waals surface area contributed by atoms with Gasteiger partial charge >= 0.3 is 0 Å². The van der Waals surface area contributed by atoms with Crippen LogP contribution in [-0.2, 0) is 6.54 Å². The quantitative estimate of drug-likeness (QED) is 0.799. The van der Waals surface area contributed by atoms with Crippen molar-refractivity contribution in [3.05, 3.63) is 40.6 Å². The molecule has 5 heteroatoms. The molecule has 0 spiro atoms. The maximum absolute atomic E-state index is 13.7. The molecule has 0 radical (unpaired) electrons. The molecule has 0 saturated carbocycles. The largest absolute Gasteiger partial charge is 0.263 e. The van der Waals surface area contributed by atoms with Gasteiger partial charge in [-0.1, -0.05) is 17.7 Å². The number of benzene rings is 1. The molecule has 0 unspecified atom stereocenters. The van der Waals surface area contributed by atoms with Crippen LogP contribution in [0.5, 0.6) is 0 Å². The van der Waals surface area contributed by atoms with Crippen molar-refractivity contribution in [3.63, 3.8) is 0 Å². The van der Waals surface area contributed by atoms with Gasteiger partial charge in [0, 0.05) is 6.54 Å². The zero-order valence-electron chi connectivity index (χ0n) is 9.47. The van der Waals surface area contributed by atoms with Gasteiger partial charge in [0.1, 0.15) is 11.6 Å². The first-order valence-electron chi connectivity index (χ1n) is 5.23. The van der Waals surface area contributed by atoms with Crippen molar-refractivity contribution >= 4 is 11.6 Å². The molecule has 0 aliphatic rings. The Morgan fingerprint density at radius 3 is 2.41 bits per heavy atom. The topological polar surface area (TPSA) is 17.8 Å². The van der Waals surface area contributed by atoms with Gasteiger partial charge in [-0.2, -0.15) is 5.10 Å². The van der Waals surface area contributed by atoms with Gasteiger partial charge in [0.15, 0.2) is 0 Å². The fourth-order valence-electron chi connectivity index (χ4n) is 1.75. The predicted molar refractivity (Wildman–Crippen MR) is 63.0 cm³/mol. The van der Waals surface area contributed by atoms with Crippen molar-refractivity contribution in [1.29, 1.82) is 0 Å². The van der Waals surface area contributed by atoms with Gasteiger partial charge in [0.05, 0.1) is 22.0 Å². The summed E-state index contributed by atoms with van der Waals surface area (Å²) in [4.78, 5) is 0. The molecule has 17 heavy (non-hydrogen) atoms. The minimum Gasteiger partial charge on any atom is -0.263 e. The smallest absolute Gasteiger partial charge is 0.135 e. The van der Waals surface area contributed by atoms with Crippen LogP contribution in [0.3, 0.4) is 0 Å². The van der Waals surface area contributed by atoms with Crippen molar-refractivity contribution in [3.8, 4) is 11.3 Å². The lowest BCUT2D eigenvalue weighted by Crippen LogP contribution is -2.02. The number of halogens is 3. The molecule has 1 aromatic carbocycles. The van der Waals surface area contributed by atoms with Crippen LogP contribution in [-0.4, -0.2) is 9.78 Å². The van der Waals surface area contributed by atoms with Gasteiger partial charge in [-0.15, -0.1) is 0 Å². The van der Waals surface area contributed by atoms with Gasteiger partial charge in [-0.05, 0) is 26.0 Å². The van der Waals surface area contributed by atoms with E-state index >= 15 is 0 Å². The normalized spacial score (nSPS) is 10.9. The minimum absolute atomic E-state index is 0.125. The maximum Gasteiger partial charge on any atom is 0.135 e. The van der Waals surface area contributed by atoms with E-state index in [1.165, 1.54) is 22.9 Å². The Bertz CT molecular complexity index is 544. The summed E-state index contributed by atoms with van der Waals surface area (Å²) in [5.74, 6) is -1.27. The van der Waals surface area contributed by atoms with E-state index in [2.05, 4.69) is 5.10 Å². The van der Waals surface area contributed by atoms with E-state index in [0.717, 1.165) is 0 Å². The van der Waals surface area contributed by atoms with Crippen LogP contribution in [0, 0.1) is 18.6 Å². The molecule has 1 aromatic heterocycles. The first-order chi connectivity index (χ1) is 8.06. The maximum atomic E-state index is 13.7. The van der Waals surface area contributed by atoms with Crippen LogP contribution >= 0.6 is 11.6 Å². The van der Waals surface area contributed by atoms with Gasteiger partial charge in [-0.3, -0.25) is 4.68 Å². The number of aryl methyl sites for hydroxylation is 2. The van der Waals surface area contributed by atoms with Crippen LogP contribution in [0.15, 0.2) is 18.2 Å². The minimum atomic E-state index is -0.637. The van der Waals surface area contributed by atoms with E-state index in [0.29, 0.717) is 17.9 Å². The van der Waals surface area contributed by atoms with Gasteiger partial charge < -0.3 is 0 Å². The number of hydrogen-bond acceptors (Lipinski definition) is 1. The summed E-state index contributed by atoms with van der Waals surface area (Å²) in [6.07, 6.45) is 0. The molecule has 0 bridgehead atoms. The molecule has 90 valence electrons. The highest BCUT2D eigenvalue weighted by Gasteiger charge is 2.20. The predicted octanol–water partition coefficient (Wildman–Crippen LogP) is 3.81. The Balaban J connectivity index is 2.76. The second-order valence-electron chi connectivity index (χ2n) is 3.66. The first-order valence-corrected chi connectivity index (χ1v) is 5.61. The molecule has 0 N–H and O–H groups in total. The highest BCUT2D eigenvalue weighted by atomic mass is 35.5. The number of hydrogen-bond donors (Lipinski definition) is 0. The average molecular weight is 257 g/mol. The fourth-order valence-corrected chi connectivity index (χ4v) is 1.98. The highest BCUT2D eigenvalue weighted by Crippen LogP contribution is 2.33. The van der Waals surface area contributed by atoms with Crippen LogP contribution in [0.1, 0.15) is 12.6 Å². The van der Waals surface area contributed by atoms with E-state index in [4.69, 9.17) is 11.6 Å². The number of aromatic nitrogens is 2. The lowest BCUT2D eigenvalue weighted by Gasteiger charge is -2.07.